The van der Waals surface area contributed by atoms with Crippen LogP contribution < -0.4 is 5.73 Å². The minimum Gasteiger partial charge on any atom is -0.334 e. The van der Waals surface area contributed by atoms with Crippen LogP contribution in [0, 0.1) is 0 Å². The van der Waals surface area contributed by atoms with Crippen LogP contribution in [0.4, 0.5) is 0 Å². The maximum Gasteiger partial charge on any atom is 0.223 e. The van der Waals surface area contributed by atoms with Crippen molar-refractivity contribution in [3.8, 4) is 0 Å². The number of fused-ring (bicyclic) bond motifs is 1. The monoisotopic (exact) mass is 232 g/mol. The van der Waals surface area contributed by atoms with Crippen molar-refractivity contribution in [1.82, 2.24) is 4.90 Å². The van der Waals surface area contributed by atoms with E-state index in [9.17, 15) is 4.79 Å². The van der Waals surface area contributed by atoms with E-state index in [1.54, 1.807) is 0 Å². The number of rotatable bonds is 3. The number of benzene rings is 1. The van der Waals surface area contributed by atoms with E-state index >= 15 is 0 Å². The largest absolute Gasteiger partial charge is 0.334 e. The smallest absolute Gasteiger partial charge is 0.223 e. The molecule has 0 aromatic heterocycles. The maximum absolute atomic E-state index is 12.0. The van der Waals surface area contributed by atoms with Gasteiger partial charge in [-0.1, -0.05) is 31.2 Å². The van der Waals surface area contributed by atoms with Crippen LogP contribution in [0.15, 0.2) is 24.3 Å². The van der Waals surface area contributed by atoms with E-state index in [0.717, 1.165) is 19.4 Å². The van der Waals surface area contributed by atoms with Gasteiger partial charge >= 0.3 is 0 Å². The summed E-state index contributed by atoms with van der Waals surface area (Å²) in [6.07, 6.45) is 2.47. The second kappa shape index (κ2) is 5.32. The SMILES string of the molecule is CCCC(=O)N1CCc2ccccc2C1CN. The van der Waals surface area contributed by atoms with Gasteiger partial charge in [-0.2, -0.15) is 0 Å². The van der Waals surface area contributed by atoms with Crippen LogP contribution in [-0.4, -0.2) is 23.9 Å². The van der Waals surface area contributed by atoms with E-state index in [-0.39, 0.29) is 11.9 Å². The first-order chi connectivity index (χ1) is 8.27. The summed E-state index contributed by atoms with van der Waals surface area (Å²) in [7, 11) is 0. The molecule has 0 fully saturated rings. The molecule has 2 N–H and O–H groups in total. The van der Waals surface area contributed by atoms with Crippen molar-refractivity contribution >= 4 is 5.91 Å². The fraction of sp³-hybridized carbons (Fsp3) is 0.500. The quantitative estimate of drug-likeness (QED) is 0.864. The summed E-state index contributed by atoms with van der Waals surface area (Å²) in [5.74, 6) is 0.234. The summed E-state index contributed by atoms with van der Waals surface area (Å²) in [6, 6.07) is 8.38. The number of nitrogens with zero attached hydrogens (tertiary/aromatic N) is 1. The van der Waals surface area contributed by atoms with Gasteiger partial charge in [-0.3, -0.25) is 4.79 Å². The second-order valence-corrected chi connectivity index (χ2v) is 4.54. The maximum atomic E-state index is 12.0. The Balaban J connectivity index is 2.26. The Bertz CT molecular complexity index is 403. The number of hydrogen-bond acceptors (Lipinski definition) is 2. The first-order valence-electron chi connectivity index (χ1n) is 6.35. The van der Waals surface area contributed by atoms with Crippen molar-refractivity contribution in [3.63, 3.8) is 0 Å². The van der Waals surface area contributed by atoms with Crippen LogP contribution in [0.5, 0.6) is 0 Å². The number of amides is 1. The summed E-state index contributed by atoms with van der Waals surface area (Å²) in [6.45, 7) is 3.34. The zero-order valence-corrected chi connectivity index (χ0v) is 10.4. The lowest BCUT2D eigenvalue weighted by Crippen LogP contribution is -2.43. The van der Waals surface area contributed by atoms with Crippen LogP contribution in [-0.2, 0) is 11.2 Å². The molecule has 0 saturated carbocycles. The van der Waals surface area contributed by atoms with Crippen molar-refractivity contribution in [3.05, 3.63) is 35.4 Å². The zero-order valence-electron chi connectivity index (χ0n) is 10.4. The van der Waals surface area contributed by atoms with Gasteiger partial charge < -0.3 is 10.6 Å². The van der Waals surface area contributed by atoms with Crippen LogP contribution in [0.25, 0.3) is 0 Å². The highest BCUT2D eigenvalue weighted by Gasteiger charge is 2.28. The Labute approximate surface area is 103 Å². The fourth-order valence-corrected chi connectivity index (χ4v) is 2.56. The Morgan fingerprint density at radius 2 is 2.24 bits per heavy atom. The number of hydrogen-bond donors (Lipinski definition) is 1. The Kier molecular flexibility index (Phi) is 3.79. The molecule has 1 amide bonds. The summed E-state index contributed by atoms with van der Waals surface area (Å²) in [4.78, 5) is 14.0. The highest BCUT2D eigenvalue weighted by Crippen LogP contribution is 2.29. The average molecular weight is 232 g/mol. The molecule has 2 rings (SSSR count). The lowest BCUT2D eigenvalue weighted by Gasteiger charge is -2.36. The predicted molar refractivity (Wildman–Crippen MR) is 68.6 cm³/mol. The first-order valence-corrected chi connectivity index (χ1v) is 6.35. The molecule has 1 aliphatic rings. The van der Waals surface area contributed by atoms with Crippen molar-refractivity contribution in [2.75, 3.05) is 13.1 Å². The lowest BCUT2D eigenvalue weighted by molar-refractivity contribution is -0.134. The normalized spacial score (nSPS) is 18.9. The van der Waals surface area contributed by atoms with Crippen LogP contribution in [0.2, 0.25) is 0 Å². The predicted octanol–water partition coefficient (Wildman–Crippen LogP) is 1.87. The van der Waals surface area contributed by atoms with Gasteiger partial charge in [-0.05, 0) is 24.0 Å². The fourth-order valence-electron chi connectivity index (χ4n) is 2.56. The Morgan fingerprint density at radius 3 is 2.94 bits per heavy atom. The third-order valence-electron chi connectivity index (χ3n) is 3.42. The van der Waals surface area contributed by atoms with Gasteiger partial charge in [0.05, 0.1) is 6.04 Å². The van der Waals surface area contributed by atoms with E-state index in [4.69, 9.17) is 5.73 Å². The van der Waals surface area contributed by atoms with Gasteiger partial charge in [0.1, 0.15) is 0 Å². The summed E-state index contributed by atoms with van der Waals surface area (Å²) < 4.78 is 0. The molecule has 1 aromatic carbocycles. The van der Waals surface area contributed by atoms with Gasteiger partial charge in [-0.25, -0.2) is 0 Å². The Morgan fingerprint density at radius 1 is 1.47 bits per heavy atom. The molecule has 3 heteroatoms. The van der Waals surface area contributed by atoms with Gasteiger partial charge in [0.25, 0.3) is 0 Å². The number of carbonyl (C=O) groups is 1. The highest BCUT2D eigenvalue weighted by atomic mass is 16.2. The molecular weight excluding hydrogens is 212 g/mol. The second-order valence-electron chi connectivity index (χ2n) is 4.54. The van der Waals surface area contributed by atoms with E-state index in [1.165, 1.54) is 11.1 Å². The van der Waals surface area contributed by atoms with E-state index in [0.29, 0.717) is 13.0 Å². The number of nitrogens with two attached hydrogens (primary N) is 1. The standard InChI is InChI=1S/C14H20N2O/c1-2-5-14(17)16-9-8-11-6-3-4-7-12(11)13(16)10-15/h3-4,6-7,13H,2,5,8-10,15H2,1H3. The molecule has 17 heavy (non-hydrogen) atoms. The molecule has 0 bridgehead atoms. The molecule has 92 valence electrons. The number of carbonyl (C=O) groups excluding carboxylic acids is 1. The molecule has 0 aliphatic carbocycles. The summed E-state index contributed by atoms with van der Waals surface area (Å²) >= 11 is 0. The average Bonchev–Trinajstić information content (AvgIpc) is 2.37. The van der Waals surface area contributed by atoms with E-state index < -0.39 is 0 Å². The molecule has 0 spiro atoms. The van der Waals surface area contributed by atoms with E-state index in [2.05, 4.69) is 18.2 Å². The van der Waals surface area contributed by atoms with Gasteiger partial charge in [-0.15, -0.1) is 0 Å². The topological polar surface area (TPSA) is 46.3 Å². The van der Waals surface area contributed by atoms with Gasteiger partial charge in [0.15, 0.2) is 0 Å². The van der Waals surface area contributed by atoms with Gasteiger partial charge in [0.2, 0.25) is 5.91 Å². The minimum absolute atomic E-state index is 0.0685. The highest BCUT2D eigenvalue weighted by molar-refractivity contribution is 5.77. The van der Waals surface area contributed by atoms with Gasteiger partial charge in [0, 0.05) is 19.5 Å². The van der Waals surface area contributed by atoms with Crippen molar-refractivity contribution in [1.29, 1.82) is 0 Å². The molecule has 1 heterocycles. The minimum atomic E-state index is 0.0685. The van der Waals surface area contributed by atoms with E-state index in [1.807, 2.05) is 17.9 Å². The molecule has 1 aliphatic heterocycles. The van der Waals surface area contributed by atoms with Crippen molar-refractivity contribution < 1.29 is 4.79 Å². The van der Waals surface area contributed by atoms with Crippen LogP contribution in [0.1, 0.15) is 36.9 Å². The van der Waals surface area contributed by atoms with Crippen molar-refractivity contribution in [2.45, 2.75) is 32.2 Å². The van der Waals surface area contributed by atoms with Crippen molar-refractivity contribution in [2.24, 2.45) is 5.73 Å². The zero-order chi connectivity index (χ0) is 12.3. The lowest BCUT2D eigenvalue weighted by atomic mass is 9.92. The molecule has 1 atom stereocenters. The summed E-state index contributed by atoms with van der Waals surface area (Å²) in [5, 5.41) is 0. The molecule has 0 radical (unpaired) electrons. The van der Waals surface area contributed by atoms with Crippen LogP contribution >= 0.6 is 0 Å². The molecule has 0 saturated heterocycles. The molecule has 3 nitrogen and oxygen atoms in total. The third-order valence-corrected chi connectivity index (χ3v) is 3.42. The summed E-state index contributed by atoms with van der Waals surface area (Å²) in [5.41, 5.74) is 8.41. The van der Waals surface area contributed by atoms with Crippen LogP contribution in [0.3, 0.4) is 0 Å². The Hall–Kier alpha value is -1.35. The molecule has 1 unspecified atom stereocenters. The molecular formula is C14H20N2O. The first kappa shape index (κ1) is 12.1. The molecule has 1 aromatic rings. The third kappa shape index (κ3) is 2.34.